The van der Waals surface area contributed by atoms with Gasteiger partial charge in [0.05, 0.1) is 0 Å². The van der Waals surface area contributed by atoms with Gasteiger partial charge in [0, 0.05) is 25.6 Å². The number of carbonyl (C=O) groups excluding carboxylic acids is 1. The van der Waals surface area contributed by atoms with Crippen LogP contribution < -0.4 is 11.1 Å². The van der Waals surface area contributed by atoms with E-state index < -0.39 is 0 Å². The second kappa shape index (κ2) is 8.63. The molecule has 0 bridgehead atoms. The number of nitrogens with zero attached hydrogens (tertiary/aromatic N) is 1. The number of hydrogen-bond acceptors (Lipinski definition) is 3. The van der Waals surface area contributed by atoms with Gasteiger partial charge >= 0.3 is 0 Å². The quantitative estimate of drug-likeness (QED) is 0.809. The summed E-state index contributed by atoms with van der Waals surface area (Å²) in [7, 11) is 0. The minimum absolute atomic E-state index is 0.221. The Bertz CT molecular complexity index is 287. The van der Waals surface area contributed by atoms with E-state index in [1.165, 1.54) is 51.6 Å². The van der Waals surface area contributed by atoms with Gasteiger partial charge in [-0.2, -0.15) is 0 Å². The Kier molecular flexibility index (Phi) is 6.80. The predicted octanol–water partition coefficient (Wildman–Crippen LogP) is 1.89. The first-order valence-electron chi connectivity index (χ1n) is 8.48. The van der Waals surface area contributed by atoms with Crippen LogP contribution in [-0.2, 0) is 4.79 Å². The Hall–Kier alpha value is -0.610. The van der Waals surface area contributed by atoms with Gasteiger partial charge in [-0.25, -0.2) is 0 Å². The molecule has 0 radical (unpaired) electrons. The molecule has 1 aliphatic heterocycles. The molecule has 1 amide bonds. The lowest BCUT2D eigenvalue weighted by molar-refractivity contribution is -0.122. The summed E-state index contributed by atoms with van der Waals surface area (Å²) in [5.74, 6) is 0.732. The monoisotopic (exact) mass is 281 g/mol. The Morgan fingerprint density at radius 1 is 1.10 bits per heavy atom. The maximum absolute atomic E-state index is 12.0. The topological polar surface area (TPSA) is 58.4 Å². The molecule has 0 aromatic rings. The first-order chi connectivity index (χ1) is 9.74. The molecule has 1 heterocycles. The number of nitrogens with two attached hydrogens (primary N) is 1. The number of amides is 1. The molecule has 4 heteroatoms. The molecule has 2 unspecified atom stereocenters. The highest BCUT2D eigenvalue weighted by atomic mass is 16.1. The van der Waals surface area contributed by atoms with Crippen molar-refractivity contribution < 1.29 is 4.79 Å². The van der Waals surface area contributed by atoms with Crippen molar-refractivity contribution in [2.24, 2.45) is 11.7 Å². The summed E-state index contributed by atoms with van der Waals surface area (Å²) in [4.78, 5) is 14.4. The van der Waals surface area contributed by atoms with E-state index in [1.54, 1.807) is 0 Å². The molecule has 2 rings (SSSR count). The molecule has 1 aliphatic carbocycles. The molecule has 1 saturated carbocycles. The number of likely N-dealkylation sites (tertiary alicyclic amines) is 1. The van der Waals surface area contributed by atoms with Crippen LogP contribution in [0.15, 0.2) is 0 Å². The molecule has 0 aromatic heterocycles. The third-order valence-electron chi connectivity index (χ3n) is 4.75. The minimum Gasteiger partial charge on any atom is -0.355 e. The van der Waals surface area contributed by atoms with Crippen molar-refractivity contribution in [2.45, 2.75) is 63.8 Å². The first-order valence-corrected chi connectivity index (χ1v) is 8.48. The van der Waals surface area contributed by atoms with Gasteiger partial charge in [0.1, 0.15) is 0 Å². The maximum atomic E-state index is 12.0. The van der Waals surface area contributed by atoms with E-state index in [0.717, 1.165) is 25.9 Å². The summed E-state index contributed by atoms with van der Waals surface area (Å²) in [6.45, 7) is 4.22. The number of carbonyl (C=O) groups is 1. The zero-order valence-corrected chi connectivity index (χ0v) is 12.8. The first kappa shape index (κ1) is 15.8. The molecule has 1 saturated heterocycles. The van der Waals surface area contributed by atoms with Gasteiger partial charge in [0.15, 0.2) is 0 Å². The van der Waals surface area contributed by atoms with E-state index in [2.05, 4.69) is 10.2 Å². The smallest absolute Gasteiger partial charge is 0.220 e. The van der Waals surface area contributed by atoms with Gasteiger partial charge < -0.3 is 16.0 Å². The van der Waals surface area contributed by atoms with Crippen LogP contribution in [0.1, 0.15) is 57.8 Å². The van der Waals surface area contributed by atoms with Crippen LogP contribution in [0.4, 0.5) is 0 Å². The van der Waals surface area contributed by atoms with Crippen molar-refractivity contribution in [3.05, 3.63) is 0 Å². The number of nitrogens with one attached hydrogen (secondary N) is 1. The van der Waals surface area contributed by atoms with Crippen LogP contribution in [0.3, 0.4) is 0 Å². The average Bonchev–Trinajstić information content (AvgIpc) is 2.67. The maximum Gasteiger partial charge on any atom is 0.220 e. The predicted molar refractivity (Wildman–Crippen MR) is 82.5 cm³/mol. The average molecular weight is 281 g/mol. The van der Waals surface area contributed by atoms with Gasteiger partial charge in [0.2, 0.25) is 5.91 Å². The summed E-state index contributed by atoms with van der Waals surface area (Å²) in [5, 5.41) is 3.09. The Morgan fingerprint density at radius 3 is 2.55 bits per heavy atom. The second-order valence-corrected chi connectivity index (χ2v) is 6.60. The molecule has 3 N–H and O–H groups in total. The van der Waals surface area contributed by atoms with Gasteiger partial charge in [0.25, 0.3) is 0 Å². The lowest BCUT2D eigenvalue weighted by atomic mass is 9.84. The van der Waals surface area contributed by atoms with Gasteiger partial charge in [-0.05, 0) is 51.1 Å². The van der Waals surface area contributed by atoms with Crippen LogP contribution in [0.5, 0.6) is 0 Å². The zero-order chi connectivity index (χ0) is 14.2. The second-order valence-electron chi connectivity index (χ2n) is 6.60. The molecule has 4 nitrogen and oxygen atoms in total. The zero-order valence-electron chi connectivity index (χ0n) is 12.8. The lowest BCUT2D eigenvalue weighted by Gasteiger charge is -2.26. The Balaban J connectivity index is 1.57. The van der Waals surface area contributed by atoms with Crippen molar-refractivity contribution in [1.29, 1.82) is 0 Å². The molecule has 20 heavy (non-hydrogen) atoms. The van der Waals surface area contributed by atoms with E-state index in [9.17, 15) is 4.79 Å². The third-order valence-corrected chi connectivity index (χ3v) is 4.75. The van der Waals surface area contributed by atoms with Gasteiger partial charge in [-0.15, -0.1) is 0 Å². The van der Waals surface area contributed by atoms with Gasteiger partial charge in [-0.3, -0.25) is 4.79 Å². The minimum atomic E-state index is 0.221. The molecule has 2 atom stereocenters. The van der Waals surface area contributed by atoms with Crippen LogP contribution in [-0.4, -0.2) is 43.0 Å². The number of rotatable bonds is 5. The van der Waals surface area contributed by atoms with Crippen LogP contribution in [0.2, 0.25) is 0 Å². The lowest BCUT2D eigenvalue weighted by Crippen LogP contribution is -2.37. The molecular weight excluding hydrogens is 250 g/mol. The summed E-state index contributed by atoms with van der Waals surface area (Å²) in [6.07, 6.45) is 10.6. The molecule has 0 spiro atoms. The van der Waals surface area contributed by atoms with Gasteiger partial charge in [-0.1, -0.05) is 19.3 Å². The highest BCUT2D eigenvalue weighted by Gasteiger charge is 2.21. The fourth-order valence-corrected chi connectivity index (χ4v) is 3.57. The fourth-order valence-electron chi connectivity index (χ4n) is 3.57. The van der Waals surface area contributed by atoms with E-state index >= 15 is 0 Å². The number of hydrogen-bond donors (Lipinski definition) is 2. The van der Waals surface area contributed by atoms with Crippen molar-refractivity contribution in [3.63, 3.8) is 0 Å². The molecule has 0 aromatic carbocycles. The normalized spacial score (nSPS) is 28.9. The fraction of sp³-hybridized carbons (Fsp3) is 0.938. The molecule has 2 fully saturated rings. The third kappa shape index (κ3) is 5.80. The summed E-state index contributed by atoms with van der Waals surface area (Å²) < 4.78 is 0. The van der Waals surface area contributed by atoms with Crippen molar-refractivity contribution in [2.75, 3.05) is 26.2 Å². The van der Waals surface area contributed by atoms with Crippen molar-refractivity contribution in [1.82, 2.24) is 10.2 Å². The SMILES string of the molecule is NC1CCCC(CC(=O)NCCN2CCCCCC2)C1. The summed E-state index contributed by atoms with van der Waals surface area (Å²) >= 11 is 0. The summed E-state index contributed by atoms with van der Waals surface area (Å²) in [6, 6.07) is 0.318. The van der Waals surface area contributed by atoms with E-state index in [-0.39, 0.29) is 5.91 Å². The molecule has 2 aliphatic rings. The molecular formula is C16H31N3O. The van der Waals surface area contributed by atoms with E-state index in [1.807, 2.05) is 0 Å². The Morgan fingerprint density at radius 2 is 1.85 bits per heavy atom. The highest BCUT2D eigenvalue weighted by molar-refractivity contribution is 5.76. The van der Waals surface area contributed by atoms with E-state index in [0.29, 0.717) is 18.4 Å². The summed E-state index contributed by atoms with van der Waals surface area (Å²) in [5.41, 5.74) is 5.97. The highest BCUT2D eigenvalue weighted by Crippen LogP contribution is 2.25. The van der Waals surface area contributed by atoms with Crippen LogP contribution in [0, 0.1) is 5.92 Å². The Labute approximate surface area is 123 Å². The largest absolute Gasteiger partial charge is 0.355 e. The van der Waals surface area contributed by atoms with Crippen molar-refractivity contribution in [3.8, 4) is 0 Å². The van der Waals surface area contributed by atoms with Crippen LogP contribution in [0.25, 0.3) is 0 Å². The standard InChI is InChI=1S/C16H31N3O/c17-15-7-5-6-14(12-15)13-16(20)18-8-11-19-9-3-1-2-4-10-19/h14-15H,1-13,17H2,(H,18,20). The molecule has 116 valence electrons. The van der Waals surface area contributed by atoms with Crippen molar-refractivity contribution >= 4 is 5.91 Å². The van der Waals surface area contributed by atoms with E-state index in [4.69, 9.17) is 5.73 Å². The van der Waals surface area contributed by atoms with Crippen LogP contribution >= 0.6 is 0 Å².